The smallest absolute Gasteiger partial charge is 0.140 e. The minimum Gasteiger partial charge on any atom is -0.334 e. The summed E-state index contributed by atoms with van der Waals surface area (Å²) in [5, 5.41) is 0. The Kier molecular flexibility index (Phi) is 3.15. The predicted molar refractivity (Wildman–Crippen MR) is 83.6 cm³/mol. The van der Waals surface area contributed by atoms with Crippen LogP contribution < -0.4 is 0 Å². The van der Waals surface area contributed by atoms with Crippen molar-refractivity contribution in [1.82, 2.24) is 9.55 Å². The third-order valence-corrected chi connectivity index (χ3v) is 3.74. The second kappa shape index (κ2) is 4.97. The molecule has 0 saturated heterocycles. The van der Waals surface area contributed by atoms with Gasteiger partial charge < -0.3 is 4.57 Å². The van der Waals surface area contributed by atoms with E-state index >= 15 is 0 Å². The first-order valence-electron chi connectivity index (χ1n) is 6.82. The predicted octanol–water partition coefficient (Wildman–Crippen LogP) is 4.37. The Labute approximate surface area is 119 Å². The van der Waals surface area contributed by atoms with Gasteiger partial charge in [-0.25, -0.2) is 4.98 Å². The zero-order valence-corrected chi connectivity index (χ0v) is 12.1. The molecule has 1 heterocycles. The molecule has 0 fully saturated rings. The van der Waals surface area contributed by atoms with Gasteiger partial charge >= 0.3 is 0 Å². The maximum absolute atomic E-state index is 4.49. The van der Waals surface area contributed by atoms with Crippen molar-refractivity contribution < 1.29 is 0 Å². The van der Waals surface area contributed by atoms with Gasteiger partial charge in [-0.05, 0) is 36.1 Å². The number of aryl methyl sites for hydroxylation is 3. The Hall–Kier alpha value is -2.35. The Balaban J connectivity index is 2.29. The van der Waals surface area contributed by atoms with E-state index in [9.17, 15) is 0 Å². The molecule has 0 amide bonds. The lowest BCUT2D eigenvalue weighted by Gasteiger charge is -2.14. The van der Waals surface area contributed by atoms with Crippen LogP contribution in [0.25, 0.3) is 22.5 Å². The van der Waals surface area contributed by atoms with Gasteiger partial charge in [-0.15, -0.1) is 0 Å². The van der Waals surface area contributed by atoms with Crippen LogP contribution in [0.3, 0.4) is 0 Å². The molecule has 0 atom stereocenters. The SMILES string of the molecule is Cc1cccc(C)c1-c1ccccc1-c1nccn1C. The fourth-order valence-electron chi connectivity index (χ4n) is 2.76. The Morgan fingerprint density at radius 1 is 0.850 bits per heavy atom. The van der Waals surface area contributed by atoms with Gasteiger partial charge in [0.05, 0.1) is 0 Å². The summed E-state index contributed by atoms with van der Waals surface area (Å²) in [6.07, 6.45) is 3.83. The van der Waals surface area contributed by atoms with Crippen LogP contribution in [0.4, 0.5) is 0 Å². The van der Waals surface area contributed by atoms with Crippen molar-refractivity contribution in [1.29, 1.82) is 0 Å². The molecule has 100 valence electrons. The molecule has 1 aromatic heterocycles. The van der Waals surface area contributed by atoms with Gasteiger partial charge in [0, 0.05) is 25.0 Å². The summed E-state index contributed by atoms with van der Waals surface area (Å²) in [5.41, 5.74) is 6.33. The maximum atomic E-state index is 4.49. The van der Waals surface area contributed by atoms with E-state index in [1.807, 2.05) is 19.4 Å². The van der Waals surface area contributed by atoms with Crippen molar-refractivity contribution in [3.63, 3.8) is 0 Å². The van der Waals surface area contributed by atoms with Gasteiger partial charge in [-0.3, -0.25) is 0 Å². The molecule has 0 saturated carbocycles. The number of rotatable bonds is 2. The highest BCUT2D eigenvalue weighted by Crippen LogP contribution is 2.34. The quantitative estimate of drug-likeness (QED) is 0.670. The molecule has 3 rings (SSSR count). The maximum Gasteiger partial charge on any atom is 0.140 e. The van der Waals surface area contributed by atoms with E-state index < -0.39 is 0 Å². The third kappa shape index (κ3) is 2.03. The average molecular weight is 262 g/mol. The van der Waals surface area contributed by atoms with Gasteiger partial charge in [-0.2, -0.15) is 0 Å². The number of hydrogen-bond donors (Lipinski definition) is 0. The van der Waals surface area contributed by atoms with Crippen LogP contribution >= 0.6 is 0 Å². The molecule has 0 bridgehead atoms. The topological polar surface area (TPSA) is 17.8 Å². The van der Waals surface area contributed by atoms with Gasteiger partial charge in [0.25, 0.3) is 0 Å². The van der Waals surface area contributed by atoms with E-state index in [0.29, 0.717) is 0 Å². The lowest BCUT2D eigenvalue weighted by atomic mass is 9.92. The molecular formula is C18H18N2. The van der Waals surface area contributed by atoms with Crippen molar-refractivity contribution in [3.8, 4) is 22.5 Å². The monoisotopic (exact) mass is 262 g/mol. The number of aromatic nitrogens is 2. The molecule has 2 heteroatoms. The first kappa shape index (κ1) is 12.7. The minimum absolute atomic E-state index is 1.00. The van der Waals surface area contributed by atoms with Crippen LogP contribution in [0, 0.1) is 13.8 Å². The second-order valence-corrected chi connectivity index (χ2v) is 5.17. The van der Waals surface area contributed by atoms with E-state index in [1.165, 1.54) is 27.8 Å². The van der Waals surface area contributed by atoms with E-state index in [2.05, 4.69) is 65.9 Å². The molecule has 3 aromatic rings. The summed E-state index contributed by atoms with van der Waals surface area (Å²) in [4.78, 5) is 4.49. The lowest BCUT2D eigenvalue weighted by molar-refractivity contribution is 0.925. The second-order valence-electron chi connectivity index (χ2n) is 5.17. The van der Waals surface area contributed by atoms with Crippen LogP contribution in [0.5, 0.6) is 0 Å². The normalized spacial score (nSPS) is 10.8. The number of hydrogen-bond acceptors (Lipinski definition) is 1. The van der Waals surface area contributed by atoms with Crippen LogP contribution in [-0.4, -0.2) is 9.55 Å². The average Bonchev–Trinajstić information content (AvgIpc) is 2.85. The zero-order valence-electron chi connectivity index (χ0n) is 12.1. The molecular weight excluding hydrogens is 244 g/mol. The molecule has 0 aliphatic heterocycles. The summed E-state index contributed by atoms with van der Waals surface area (Å²) >= 11 is 0. The van der Waals surface area contributed by atoms with E-state index in [-0.39, 0.29) is 0 Å². The summed E-state index contributed by atoms with van der Waals surface area (Å²) in [7, 11) is 2.03. The first-order valence-corrected chi connectivity index (χ1v) is 6.82. The largest absolute Gasteiger partial charge is 0.334 e. The van der Waals surface area contributed by atoms with Crippen molar-refractivity contribution in [2.45, 2.75) is 13.8 Å². The fraction of sp³-hybridized carbons (Fsp3) is 0.167. The Morgan fingerprint density at radius 3 is 2.10 bits per heavy atom. The molecule has 20 heavy (non-hydrogen) atoms. The lowest BCUT2D eigenvalue weighted by Crippen LogP contribution is -1.96. The highest BCUT2D eigenvalue weighted by Gasteiger charge is 2.13. The summed E-state index contributed by atoms with van der Waals surface area (Å²) in [6, 6.07) is 14.9. The van der Waals surface area contributed by atoms with Crippen molar-refractivity contribution in [3.05, 3.63) is 66.0 Å². The van der Waals surface area contributed by atoms with Gasteiger partial charge in [0.1, 0.15) is 5.82 Å². The fourth-order valence-corrected chi connectivity index (χ4v) is 2.76. The van der Waals surface area contributed by atoms with E-state index in [1.54, 1.807) is 0 Å². The molecule has 0 aliphatic rings. The molecule has 0 spiro atoms. The molecule has 0 radical (unpaired) electrons. The van der Waals surface area contributed by atoms with E-state index in [0.717, 1.165) is 5.82 Å². The standard InChI is InChI=1S/C18H18N2/c1-13-7-6-8-14(2)17(13)15-9-4-5-10-16(15)18-19-11-12-20(18)3/h4-12H,1-3H3. The first-order chi connectivity index (χ1) is 9.68. The minimum atomic E-state index is 1.00. The summed E-state index contributed by atoms with van der Waals surface area (Å²) in [6.45, 7) is 4.33. The van der Waals surface area contributed by atoms with Gasteiger partial charge in [0.2, 0.25) is 0 Å². The van der Waals surface area contributed by atoms with Crippen LogP contribution in [0.2, 0.25) is 0 Å². The van der Waals surface area contributed by atoms with Gasteiger partial charge in [0.15, 0.2) is 0 Å². The number of benzene rings is 2. The van der Waals surface area contributed by atoms with E-state index in [4.69, 9.17) is 0 Å². The molecule has 0 N–H and O–H groups in total. The zero-order chi connectivity index (χ0) is 14.1. The summed E-state index contributed by atoms with van der Waals surface area (Å²) < 4.78 is 2.06. The molecule has 2 nitrogen and oxygen atoms in total. The number of nitrogens with zero attached hydrogens (tertiary/aromatic N) is 2. The Morgan fingerprint density at radius 2 is 1.50 bits per heavy atom. The number of imidazole rings is 1. The van der Waals surface area contributed by atoms with Crippen LogP contribution in [0.1, 0.15) is 11.1 Å². The molecule has 2 aromatic carbocycles. The van der Waals surface area contributed by atoms with Crippen LogP contribution in [-0.2, 0) is 7.05 Å². The highest BCUT2D eigenvalue weighted by molar-refractivity contribution is 5.84. The Bertz CT molecular complexity index is 733. The van der Waals surface area contributed by atoms with Crippen molar-refractivity contribution in [2.75, 3.05) is 0 Å². The third-order valence-electron chi connectivity index (χ3n) is 3.74. The van der Waals surface area contributed by atoms with Gasteiger partial charge in [-0.1, -0.05) is 42.5 Å². The highest BCUT2D eigenvalue weighted by atomic mass is 15.0. The summed E-state index contributed by atoms with van der Waals surface area (Å²) in [5.74, 6) is 1.00. The molecule has 0 unspecified atom stereocenters. The van der Waals surface area contributed by atoms with Crippen molar-refractivity contribution >= 4 is 0 Å². The van der Waals surface area contributed by atoms with Crippen molar-refractivity contribution in [2.24, 2.45) is 7.05 Å². The van der Waals surface area contributed by atoms with Crippen LogP contribution in [0.15, 0.2) is 54.9 Å². The molecule has 0 aliphatic carbocycles.